The third-order valence-corrected chi connectivity index (χ3v) is 7.62. The van der Waals surface area contributed by atoms with Crippen LogP contribution in [-0.2, 0) is 4.79 Å². The maximum Gasteiger partial charge on any atom is 0.326 e. The van der Waals surface area contributed by atoms with E-state index in [1.807, 2.05) is 6.07 Å². The number of halogens is 2. The Balaban J connectivity index is 1.38. The van der Waals surface area contributed by atoms with Crippen molar-refractivity contribution in [2.24, 2.45) is 0 Å². The van der Waals surface area contributed by atoms with Crippen molar-refractivity contribution >= 4 is 39.5 Å². The summed E-state index contributed by atoms with van der Waals surface area (Å²) in [6, 6.07) is 7.94. The van der Waals surface area contributed by atoms with E-state index in [-0.39, 0.29) is 35.9 Å². The van der Waals surface area contributed by atoms with Gasteiger partial charge in [-0.3, -0.25) is 0 Å². The van der Waals surface area contributed by atoms with Crippen molar-refractivity contribution in [3.63, 3.8) is 0 Å². The van der Waals surface area contributed by atoms with Crippen LogP contribution in [0.2, 0.25) is 0 Å². The van der Waals surface area contributed by atoms with Crippen LogP contribution in [0, 0.1) is 12.3 Å². The standard InChI is InChI=1S/C29H27F2N5O4/c1-3-17-12-20(35-11-7-6-8-16(35)2)28(32-14-17)39-18-13-21(29(37)38)36(15-18)27-24-23(33-26(34-27)25(30)31)19-9-4-5-10-22(19)40-24/h1,4-5,9-10,12,14,16,18,21,25H,6-8,11,13,15H2,2H3,(H,37,38)/t16-,18-,21-/m0/s1. The number of furan rings is 1. The summed E-state index contributed by atoms with van der Waals surface area (Å²) in [5.74, 6) is 1.14. The van der Waals surface area contributed by atoms with Gasteiger partial charge in [0, 0.05) is 36.2 Å². The van der Waals surface area contributed by atoms with E-state index in [0.717, 1.165) is 31.5 Å². The average molecular weight is 548 g/mol. The van der Waals surface area contributed by atoms with Gasteiger partial charge in [0.15, 0.2) is 17.2 Å². The Bertz CT molecular complexity index is 1630. The Morgan fingerprint density at radius 2 is 2.08 bits per heavy atom. The third kappa shape index (κ3) is 4.53. The molecule has 2 saturated heterocycles. The SMILES string of the molecule is C#Cc1cnc(O[C@H]2C[C@@H](C(=O)O)N(c3nc(C(F)F)nc4c3oc3ccccc34)C2)c(N2CCCC[C@@H]2C)c1. The van der Waals surface area contributed by atoms with Gasteiger partial charge >= 0.3 is 5.97 Å². The molecule has 0 radical (unpaired) electrons. The van der Waals surface area contributed by atoms with Gasteiger partial charge < -0.3 is 24.1 Å². The lowest BCUT2D eigenvalue weighted by atomic mass is 10.0. The second-order valence-corrected chi connectivity index (χ2v) is 10.2. The van der Waals surface area contributed by atoms with Crippen LogP contribution in [0.1, 0.15) is 50.4 Å². The van der Waals surface area contributed by atoms with Gasteiger partial charge in [-0.1, -0.05) is 18.1 Å². The normalized spacial score (nSPS) is 21.3. The molecule has 4 aromatic rings. The Labute approximate surface area is 228 Å². The van der Waals surface area contributed by atoms with Gasteiger partial charge in [0.2, 0.25) is 5.88 Å². The lowest BCUT2D eigenvalue weighted by Gasteiger charge is -2.36. The van der Waals surface area contributed by atoms with Crippen LogP contribution in [0.4, 0.5) is 20.3 Å². The second kappa shape index (κ2) is 10.3. The van der Waals surface area contributed by atoms with Crippen LogP contribution in [0.25, 0.3) is 22.1 Å². The molecular formula is C29H27F2N5O4. The van der Waals surface area contributed by atoms with E-state index in [1.54, 1.807) is 30.5 Å². The van der Waals surface area contributed by atoms with Crippen molar-refractivity contribution in [2.45, 2.75) is 57.2 Å². The molecule has 1 aromatic carbocycles. The molecule has 2 fully saturated rings. The second-order valence-electron chi connectivity index (χ2n) is 10.2. The smallest absolute Gasteiger partial charge is 0.326 e. The highest BCUT2D eigenvalue weighted by atomic mass is 19.3. The highest BCUT2D eigenvalue weighted by molar-refractivity contribution is 6.06. The molecule has 2 aliphatic heterocycles. The maximum atomic E-state index is 13.9. The Kier molecular flexibility index (Phi) is 6.62. The zero-order chi connectivity index (χ0) is 28.0. The number of ether oxygens (including phenoxy) is 1. The third-order valence-electron chi connectivity index (χ3n) is 7.62. The maximum absolute atomic E-state index is 13.9. The molecule has 3 atom stereocenters. The monoisotopic (exact) mass is 547 g/mol. The molecule has 0 spiro atoms. The number of nitrogens with zero attached hydrogens (tertiary/aromatic N) is 5. The molecule has 11 heteroatoms. The first-order valence-electron chi connectivity index (χ1n) is 13.2. The molecule has 40 heavy (non-hydrogen) atoms. The minimum absolute atomic E-state index is 0.00415. The van der Waals surface area contributed by atoms with Gasteiger partial charge in [-0.2, -0.15) is 0 Å². The number of carboxylic acid groups (broad SMARTS) is 1. The summed E-state index contributed by atoms with van der Waals surface area (Å²) >= 11 is 0. The molecule has 0 unspecified atom stereocenters. The molecule has 1 N–H and O–H groups in total. The minimum atomic E-state index is -2.96. The molecule has 0 bridgehead atoms. The molecule has 6 rings (SSSR count). The fraction of sp³-hybridized carbons (Fsp3) is 0.379. The fourth-order valence-electron chi connectivity index (χ4n) is 5.67. The lowest BCUT2D eigenvalue weighted by molar-refractivity contribution is -0.138. The van der Waals surface area contributed by atoms with Gasteiger partial charge in [-0.05, 0) is 44.4 Å². The summed E-state index contributed by atoms with van der Waals surface area (Å²) in [5.41, 5.74) is 2.17. The van der Waals surface area contributed by atoms with E-state index >= 15 is 0 Å². The number of hydrogen-bond donors (Lipinski definition) is 1. The number of anilines is 2. The number of terminal acetylenes is 1. The first-order chi connectivity index (χ1) is 19.3. The minimum Gasteiger partial charge on any atom is -0.480 e. The summed E-state index contributed by atoms with van der Waals surface area (Å²) in [6.07, 6.45) is 6.87. The highest BCUT2D eigenvalue weighted by Crippen LogP contribution is 2.39. The van der Waals surface area contributed by atoms with Crippen molar-refractivity contribution in [1.82, 2.24) is 15.0 Å². The van der Waals surface area contributed by atoms with Crippen molar-refractivity contribution in [3.05, 3.63) is 47.9 Å². The average Bonchev–Trinajstić information content (AvgIpc) is 3.55. The van der Waals surface area contributed by atoms with E-state index < -0.39 is 30.4 Å². The van der Waals surface area contributed by atoms with Crippen LogP contribution >= 0.6 is 0 Å². The van der Waals surface area contributed by atoms with Crippen LogP contribution in [-0.4, -0.2) is 57.3 Å². The van der Waals surface area contributed by atoms with Gasteiger partial charge in [0.25, 0.3) is 6.43 Å². The number of benzene rings is 1. The number of hydrogen-bond acceptors (Lipinski definition) is 8. The van der Waals surface area contributed by atoms with Crippen LogP contribution < -0.4 is 14.5 Å². The topological polar surface area (TPSA) is 105 Å². The predicted octanol–water partition coefficient (Wildman–Crippen LogP) is 5.18. The lowest BCUT2D eigenvalue weighted by Crippen LogP contribution is -2.38. The molecule has 2 aliphatic rings. The van der Waals surface area contributed by atoms with E-state index in [4.69, 9.17) is 15.6 Å². The number of pyridine rings is 1. The Morgan fingerprint density at radius 3 is 2.83 bits per heavy atom. The number of piperidine rings is 1. The van der Waals surface area contributed by atoms with Crippen molar-refractivity contribution in [1.29, 1.82) is 0 Å². The molecule has 9 nitrogen and oxygen atoms in total. The number of alkyl halides is 2. The quantitative estimate of drug-likeness (QED) is 0.327. The largest absolute Gasteiger partial charge is 0.480 e. The molecule has 0 amide bonds. The number of para-hydroxylation sites is 1. The summed E-state index contributed by atoms with van der Waals surface area (Å²) in [6.45, 7) is 3.02. The Hall–Kier alpha value is -4.46. The van der Waals surface area contributed by atoms with E-state index in [9.17, 15) is 18.7 Å². The Morgan fingerprint density at radius 1 is 1.25 bits per heavy atom. The summed E-state index contributed by atoms with van der Waals surface area (Å²) in [4.78, 5) is 28.7. The number of carboxylic acids is 1. The molecule has 3 aromatic heterocycles. The van der Waals surface area contributed by atoms with Gasteiger partial charge in [-0.15, -0.1) is 6.42 Å². The van der Waals surface area contributed by atoms with E-state index in [1.165, 1.54) is 4.90 Å². The van der Waals surface area contributed by atoms with Crippen molar-refractivity contribution in [3.8, 4) is 18.2 Å². The molecule has 5 heterocycles. The summed E-state index contributed by atoms with van der Waals surface area (Å²) in [5, 5.41) is 10.7. The highest BCUT2D eigenvalue weighted by Gasteiger charge is 2.41. The first-order valence-corrected chi connectivity index (χ1v) is 13.2. The number of aromatic nitrogens is 3. The molecular weight excluding hydrogens is 520 g/mol. The number of carbonyl (C=O) groups is 1. The zero-order valence-electron chi connectivity index (χ0n) is 21.8. The van der Waals surface area contributed by atoms with Gasteiger partial charge in [0.1, 0.15) is 28.9 Å². The van der Waals surface area contributed by atoms with Crippen molar-refractivity contribution in [2.75, 3.05) is 22.9 Å². The number of fused-ring (bicyclic) bond motifs is 3. The van der Waals surface area contributed by atoms with E-state index in [0.29, 0.717) is 22.4 Å². The number of rotatable bonds is 6. The number of aliphatic carboxylic acids is 1. The van der Waals surface area contributed by atoms with Gasteiger partial charge in [0.05, 0.1) is 6.54 Å². The van der Waals surface area contributed by atoms with Crippen LogP contribution in [0.5, 0.6) is 5.88 Å². The first kappa shape index (κ1) is 25.8. The van der Waals surface area contributed by atoms with Crippen LogP contribution in [0.15, 0.2) is 40.9 Å². The molecule has 206 valence electrons. The predicted molar refractivity (Wildman–Crippen MR) is 145 cm³/mol. The van der Waals surface area contributed by atoms with Crippen molar-refractivity contribution < 1.29 is 27.8 Å². The fourth-order valence-corrected chi connectivity index (χ4v) is 5.67. The van der Waals surface area contributed by atoms with Crippen LogP contribution in [0.3, 0.4) is 0 Å². The zero-order valence-corrected chi connectivity index (χ0v) is 21.8. The molecule has 0 aliphatic carbocycles. The van der Waals surface area contributed by atoms with E-state index in [2.05, 4.69) is 32.7 Å². The van der Waals surface area contributed by atoms with Gasteiger partial charge in [-0.25, -0.2) is 28.5 Å². The summed E-state index contributed by atoms with van der Waals surface area (Å²) < 4.78 is 40.0. The molecule has 0 saturated carbocycles. The summed E-state index contributed by atoms with van der Waals surface area (Å²) in [7, 11) is 0.